The number of esters is 1. The number of aryl methyl sites for hydroxylation is 1. The molecular formula is C22H21NO4S. The average molecular weight is 395 g/mol. The van der Waals surface area contributed by atoms with Crippen molar-refractivity contribution in [2.24, 2.45) is 0 Å². The Morgan fingerprint density at radius 2 is 1.82 bits per heavy atom. The smallest absolute Gasteiger partial charge is 0.336 e. The fraction of sp³-hybridized carbons (Fsp3) is 0.182. The summed E-state index contributed by atoms with van der Waals surface area (Å²) in [6.45, 7) is 4.78. The highest BCUT2D eigenvalue weighted by molar-refractivity contribution is 7.09. The van der Waals surface area contributed by atoms with Crippen molar-refractivity contribution in [1.29, 1.82) is 0 Å². The number of hydrogen-bond donors (Lipinski definition) is 0. The van der Waals surface area contributed by atoms with Crippen molar-refractivity contribution in [1.82, 2.24) is 4.98 Å². The molecule has 144 valence electrons. The second-order valence-electron chi connectivity index (χ2n) is 5.85. The Morgan fingerprint density at radius 1 is 1.07 bits per heavy atom. The fourth-order valence-electron chi connectivity index (χ4n) is 2.42. The Bertz CT molecular complexity index is 947. The summed E-state index contributed by atoms with van der Waals surface area (Å²) in [4.78, 5) is 16.4. The maximum Gasteiger partial charge on any atom is 0.336 e. The summed E-state index contributed by atoms with van der Waals surface area (Å²) in [5.74, 6) is 1.23. The summed E-state index contributed by atoms with van der Waals surface area (Å²) in [6.07, 6.45) is 3.08. The van der Waals surface area contributed by atoms with Gasteiger partial charge in [-0.2, -0.15) is 0 Å². The van der Waals surface area contributed by atoms with E-state index >= 15 is 0 Å². The van der Waals surface area contributed by atoms with Gasteiger partial charge >= 0.3 is 5.97 Å². The Labute approximate surface area is 168 Å². The van der Waals surface area contributed by atoms with Crippen LogP contribution in [0, 0.1) is 6.92 Å². The molecule has 28 heavy (non-hydrogen) atoms. The van der Waals surface area contributed by atoms with Crippen LogP contribution >= 0.6 is 11.3 Å². The van der Waals surface area contributed by atoms with Crippen LogP contribution in [0.4, 0.5) is 0 Å². The molecule has 1 aromatic heterocycles. The molecule has 0 fully saturated rings. The molecule has 3 aromatic rings. The van der Waals surface area contributed by atoms with E-state index in [1.165, 1.54) is 6.08 Å². The standard InChI is InChI=1S/C22H21NO4S/c1-3-25-20-6-4-5-7-21(20)27-22(24)13-10-17-8-11-19(12-9-17)26-14-18-15-28-16(2)23-18/h4-13,15H,3,14H2,1-2H3/b13-10+. The van der Waals surface area contributed by atoms with Crippen LogP contribution < -0.4 is 14.2 Å². The molecule has 0 aliphatic carbocycles. The summed E-state index contributed by atoms with van der Waals surface area (Å²) in [7, 11) is 0. The molecule has 5 nitrogen and oxygen atoms in total. The lowest BCUT2D eigenvalue weighted by atomic mass is 10.2. The van der Waals surface area contributed by atoms with Crippen molar-refractivity contribution in [3.63, 3.8) is 0 Å². The van der Waals surface area contributed by atoms with Gasteiger partial charge in [-0.25, -0.2) is 9.78 Å². The van der Waals surface area contributed by atoms with Gasteiger partial charge in [-0.05, 0) is 49.8 Å². The molecule has 3 rings (SSSR count). The van der Waals surface area contributed by atoms with E-state index < -0.39 is 5.97 Å². The highest BCUT2D eigenvalue weighted by Crippen LogP contribution is 2.26. The van der Waals surface area contributed by atoms with Crippen LogP contribution in [-0.4, -0.2) is 17.6 Å². The van der Waals surface area contributed by atoms with Crippen molar-refractivity contribution in [3.05, 3.63) is 76.3 Å². The number of rotatable bonds is 8. The van der Waals surface area contributed by atoms with Crippen LogP contribution in [0.3, 0.4) is 0 Å². The zero-order valence-corrected chi connectivity index (χ0v) is 16.6. The van der Waals surface area contributed by atoms with Crippen LogP contribution in [0.2, 0.25) is 0 Å². The first-order chi connectivity index (χ1) is 13.6. The summed E-state index contributed by atoms with van der Waals surface area (Å²) in [5.41, 5.74) is 1.79. The van der Waals surface area contributed by atoms with E-state index in [9.17, 15) is 4.79 Å². The van der Waals surface area contributed by atoms with Gasteiger partial charge in [-0.15, -0.1) is 11.3 Å². The van der Waals surface area contributed by atoms with Crippen molar-refractivity contribution < 1.29 is 19.0 Å². The number of carbonyl (C=O) groups is 1. The first-order valence-electron chi connectivity index (χ1n) is 8.89. The predicted molar refractivity (Wildman–Crippen MR) is 110 cm³/mol. The summed E-state index contributed by atoms with van der Waals surface area (Å²) in [6, 6.07) is 14.6. The molecule has 0 spiro atoms. The number of benzene rings is 2. The van der Waals surface area contributed by atoms with Gasteiger partial charge in [0.25, 0.3) is 0 Å². The first kappa shape index (κ1) is 19.6. The van der Waals surface area contributed by atoms with E-state index in [2.05, 4.69) is 4.98 Å². The Morgan fingerprint density at radius 3 is 2.50 bits per heavy atom. The van der Waals surface area contributed by atoms with E-state index in [1.807, 2.05) is 49.6 Å². The van der Waals surface area contributed by atoms with Gasteiger partial charge in [-0.1, -0.05) is 24.3 Å². The number of para-hydroxylation sites is 2. The third kappa shape index (κ3) is 5.69. The number of ether oxygens (including phenoxy) is 3. The van der Waals surface area contributed by atoms with Crippen molar-refractivity contribution >= 4 is 23.4 Å². The third-order valence-electron chi connectivity index (χ3n) is 3.70. The van der Waals surface area contributed by atoms with Crippen LogP contribution in [-0.2, 0) is 11.4 Å². The largest absolute Gasteiger partial charge is 0.490 e. The number of aromatic nitrogens is 1. The zero-order chi connectivity index (χ0) is 19.8. The lowest BCUT2D eigenvalue weighted by Crippen LogP contribution is -2.05. The fourth-order valence-corrected chi connectivity index (χ4v) is 3.02. The molecule has 0 atom stereocenters. The van der Waals surface area contributed by atoms with E-state index in [0.29, 0.717) is 24.7 Å². The Balaban J connectivity index is 1.54. The molecule has 6 heteroatoms. The number of thiazole rings is 1. The molecule has 0 aliphatic rings. The quantitative estimate of drug-likeness (QED) is 0.304. The number of nitrogens with zero attached hydrogens (tertiary/aromatic N) is 1. The highest BCUT2D eigenvalue weighted by atomic mass is 32.1. The molecule has 0 bridgehead atoms. The average Bonchev–Trinajstić information content (AvgIpc) is 3.12. The normalized spacial score (nSPS) is 10.8. The first-order valence-corrected chi connectivity index (χ1v) is 9.77. The predicted octanol–water partition coefficient (Wildman–Crippen LogP) is 5.05. The number of carbonyl (C=O) groups excluding carboxylic acids is 1. The summed E-state index contributed by atoms with van der Waals surface area (Å²) in [5, 5.41) is 3.01. The van der Waals surface area contributed by atoms with Gasteiger partial charge in [0.2, 0.25) is 0 Å². The third-order valence-corrected chi connectivity index (χ3v) is 4.53. The number of hydrogen-bond acceptors (Lipinski definition) is 6. The maximum absolute atomic E-state index is 12.1. The van der Waals surface area contributed by atoms with Crippen LogP contribution in [0.15, 0.2) is 60.0 Å². The Hall–Kier alpha value is -3.12. The van der Waals surface area contributed by atoms with Gasteiger partial charge < -0.3 is 14.2 Å². The zero-order valence-electron chi connectivity index (χ0n) is 15.8. The second kappa shape index (κ2) is 9.71. The maximum atomic E-state index is 12.1. The van der Waals surface area contributed by atoms with Crippen LogP contribution in [0.25, 0.3) is 6.08 Å². The van der Waals surface area contributed by atoms with E-state index in [1.54, 1.807) is 35.6 Å². The molecule has 0 unspecified atom stereocenters. The topological polar surface area (TPSA) is 57.7 Å². The molecule has 0 saturated carbocycles. The molecule has 0 amide bonds. The van der Waals surface area contributed by atoms with E-state index in [-0.39, 0.29) is 0 Å². The van der Waals surface area contributed by atoms with Crippen molar-refractivity contribution in [2.75, 3.05) is 6.61 Å². The second-order valence-corrected chi connectivity index (χ2v) is 6.91. The molecule has 1 heterocycles. The minimum absolute atomic E-state index is 0.403. The SMILES string of the molecule is CCOc1ccccc1OC(=O)/C=C/c1ccc(OCc2csc(C)n2)cc1. The van der Waals surface area contributed by atoms with Crippen molar-refractivity contribution in [2.45, 2.75) is 20.5 Å². The van der Waals surface area contributed by atoms with E-state index in [4.69, 9.17) is 14.2 Å². The molecule has 0 aliphatic heterocycles. The van der Waals surface area contributed by atoms with Crippen molar-refractivity contribution in [3.8, 4) is 17.2 Å². The molecule has 2 aromatic carbocycles. The molecular weight excluding hydrogens is 374 g/mol. The van der Waals surface area contributed by atoms with Gasteiger partial charge in [0, 0.05) is 11.5 Å². The molecule has 0 saturated heterocycles. The minimum atomic E-state index is -0.466. The van der Waals surface area contributed by atoms with Gasteiger partial charge in [-0.3, -0.25) is 0 Å². The van der Waals surface area contributed by atoms with Crippen LogP contribution in [0.5, 0.6) is 17.2 Å². The van der Waals surface area contributed by atoms with E-state index in [0.717, 1.165) is 22.0 Å². The summed E-state index contributed by atoms with van der Waals surface area (Å²) < 4.78 is 16.5. The van der Waals surface area contributed by atoms with Crippen LogP contribution in [0.1, 0.15) is 23.2 Å². The van der Waals surface area contributed by atoms with Gasteiger partial charge in [0.05, 0.1) is 17.3 Å². The minimum Gasteiger partial charge on any atom is -0.490 e. The Kier molecular flexibility index (Phi) is 6.81. The molecule has 0 radical (unpaired) electrons. The highest BCUT2D eigenvalue weighted by Gasteiger charge is 2.07. The molecule has 0 N–H and O–H groups in total. The lowest BCUT2D eigenvalue weighted by molar-refractivity contribution is -0.129. The van der Waals surface area contributed by atoms with Gasteiger partial charge in [0.1, 0.15) is 12.4 Å². The van der Waals surface area contributed by atoms with Gasteiger partial charge in [0.15, 0.2) is 11.5 Å². The lowest BCUT2D eigenvalue weighted by Gasteiger charge is -2.08. The monoisotopic (exact) mass is 395 g/mol. The summed E-state index contributed by atoms with van der Waals surface area (Å²) >= 11 is 1.60.